The molecule has 0 spiro atoms. The van der Waals surface area contributed by atoms with E-state index in [-0.39, 0.29) is 6.61 Å². The highest BCUT2D eigenvalue weighted by Gasteiger charge is 2.25. The molecule has 0 radical (unpaired) electrons. The highest BCUT2D eigenvalue weighted by Crippen LogP contribution is 2.43. The molecular weight excluding hydrogens is 314 g/mol. The lowest BCUT2D eigenvalue weighted by atomic mass is 10.0. The summed E-state index contributed by atoms with van der Waals surface area (Å²) in [6, 6.07) is 10.7. The minimum absolute atomic E-state index is 0.0391. The topological polar surface area (TPSA) is 41.5 Å². The van der Waals surface area contributed by atoms with Crippen molar-refractivity contribution in [3.8, 4) is 5.75 Å². The van der Waals surface area contributed by atoms with Crippen molar-refractivity contribution >= 4 is 23.1 Å². The number of thioether (sulfide) groups is 1. The molecule has 1 unspecified atom stereocenters. The fourth-order valence-electron chi connectivity index (χ4n) is 2.72. The molecule has 0 saturated carbocycles. The minimum Gasteiger partial charge on any atom is -0.491 e. The van der Waals surface area contributed by atoms with E-state index in [0.29, 0.717) is 17.9 Å². The van der Waals surface area contributed by atoms with E-state index in [2.05, 4.69) is 29.8 Å². The highest BCUT2D eigenvalue weighted by atomic mass is 32.2. The SMILES string of the molecule is C[C@H]1CC(NCc2ccccc2OCCO)c2ccsc2S1. The second-order valence-electron chi connectivity index (χ2n) is 5.44. The summed E-state index contributed by atoms with van der Waals surface area (Å²) in [6.07, 6.45) is 1.15. The number of hydrogen-bond donors (Lipinski definition) is 2. The first-order valence-electron chi connectivity index (χ1n) is 7.57. The van der Waals surface area contributed by atoms with Crippen molar-refractivity contribution in [2.45, 2.75) is 35.4 Å². The maximum absolute atomic E-state index is 8.93. The van der Waals surface area contributed by atoms with E-state index in [9.17, 15) is 0 Å². The fourth-order valence-corrected chi connectivity index (χ4v) is 5.29. The van der Waals surface area contributed by atoms with Gasteiger partial charge in [0.1, 0.15) is 12.4 Å². The Morgan fingerprint density at radius 1 is 1.32 bits per heavy atom. The number of benzene rings is 1. The lowest BCUT2D eigenvalue weighted by Crippen LogP contribution is -2.26. The Labute approximate surface area is 139 Å². The van der Waals surface area contributed by atoms with E-state index >= 15 is 0 Å². The van der Waals surface area contributed by atoms with Crippen LogP contribution in [0.25, 0.3) is 0 Å². The number of aliphatic hydroxyl groups excluding tert-OH is 1. The Hall–Kier alpha value is -1.01. The average molecular weight is 335 g/mol. The first-order chi connectivity index (χ1) is 10.8. The van der Waals surface area contributed by atoms with Gasteiger partial charge in [-0.25, -0.2) is 0 Å². The van der Waals surface area contributed by atoms with E-state index < -0.39 is 0 Å². The van der Waals surface area contributed by atoms with Crippen LogP contribution in [0, 0.1) is 0 Å². The molecule has 3 nitrogen and oxygen atoms in total. The molecule has 1 aliphatic rings. The maximum Gasteiger partial charge on any atom is 0.123 e. The molecule has 0 aliphatic carbocycles. The van der Waals surface area contributed by atoms with Crippen LogP contribution in [0.3, 0.4) is 0 Å². The van der Waals surface area contributed by atoms with Gasteiger partial charge in [-0.05, 0) is 29.5 Å². The molecule has 2 heterocycles. The van der Waals surface area contributed by atoms with Crippen molar-refractivity contribution in [1.82, 2.24) is 5.32 Å². The standard InChI is InChI=1S/C17H21NO2S2/c1-12-10-15(14-6-9-21-17(14)22-12)18-11-13-4-2-3-5-16(13)20-8-7-19/h2-6,9,12,15,18-19H,7-8,10-11H2,1H3/t12-,15?/m0/s1. The first-order valence-corrected chi connectivity index (χ1v) is 9.33. The van der Waals surface area contributed by atoms with Crippen LogP contribution in [-0.2, 0) is 6.54 Å². The predicted molar refractivity (Wildman–Crippen MR) is 92.9 cm³/mol. The Morgan fingerprint density at radius 2 is 2.18 bits per heavy atom. The van der Waals surface area contributed by atoms with Gasteiger partial charge in [0.05, 0.1) is 10.8 Å². The molecule has 1 aliphatic heterocycles. The van der Waals surface area contributed by atoms with Crippen molar-refractivity contribution < 1.29 is 9.84 Å². The summed E-state index contributed by atoms with van der Waals surface area (Å²) in [5.74, 6) is 0.854. The van der Waals surface area contributed by atoms with Gasteiger partial charge in [0, 0.05) is 23.4 Å². The Morgan fingerprint density at radius 3 is 3.05 bits per heavy atom. The van der Waals surface area contributed by atoms with Crippen molar-refractivity contribution in [3.05, 3.63) is 46.8 Å². The van der Waals surface area contributed by atoms with Crippen LogP contribution in [0.4, 0.5) is 0 Å². The number of thiophene rings is 1. The zero-order valence-electron chi connectivity index (χ0n) is 12.6. The quantitative estimate of drug-likeness (QED) is 0.842. The molecule has 118 valence electrons. The van der Waals surface area contributed by atoms with Crippen LogP contribution in [0.2, 0.25) is 0 Å². The first kappa shape index (κ1) is 15.9. The molecule has 1 aromatic carbocycles. The zero-order valence-corrected chi connectivity index (χ0v) is 14.3. The van der Waals surface area contributed by atoms with E-state index in [1.807, 2.05) is 41.3 Å². The van der Waals surface area contributed by atoms with Crippen LogP contribution in [0.5, 0.6) is 5.75 Å². The van der Waals surface area contributed by atoms with Crippen LogP contribution in [-0.4, -0.2) is 23.6 Å². The molecule has 2 aromatic rings. The van der Waals surface area contributed by atoms with Gasteiger partial charge in [0.15, 0.2) is 0 Å². The van der Waals surface area contributed by atoms with E-state index in [1.165, 1.54) is 9.77 Å². The van der Waals surface area contributed by atoms with E-state index in [4.69, 9.17) is 9.84 Å². The molecule has 3 rings (SSSR count). The molecule has 22 heavy (non-hydrogen) atoms. The van der Waals surface area contributed by atoms with Gasteiger partial charge in [-0.15, -0.1) is 23.1 Å². The van der Waals surface area contributed by atoms with Gasteiger partial charge >= 0.3 is 0 Å². The summed E-state index contributed by atoms with van der Waals surface area (Å²) >= 11 is 3.82. The van der Waals surface area contributed by atoms with Crippen molar-refractivity contribution in [2.75, 3.05) is 13.2 Å². The van der Waals surface area contributed by atoms with Crippen LogP contribution in [0.1, 0.15) is 30.5 Å². The summed E-state index contributed by atoms with van der Waals surface area (Å²) < 4.78 is 7.06. The number of nitrogens with one attached hydrogen (secondary N) is 1. The summed E-state index contributed by atoms with van der Waals surface area (Å²) in [4.78, 5) is 0. The van der Waals surface area contributed by atoms with Crippen LogP contribution >= 0.6 is 23.1 Å². The van der Waals surface area contributed by atoms with Crippen LogP contribution < -0.4 is 10.1 Å². The van der Waals surface area contributed by atoms with Gasteiger partial charge in [0.2, 0.25) is 0 Å². The van der Waals surface area contributed by atoms with Crippen molar-refractivity contribution in [3.63, 3.8) is 0 Å². The van der Waals surface area contributed by atoms with Gasteiger partial charge in [-0.1, -0.05) is 25.1 Å². The summed E-state index contributed by atoms with van der Waals surface area (Å²) in [7, 11) is 0. The Kier molecular flexibility index (Phi) is 5.41. The molecule has 0 fully saturated rings. The highest BCUT2D eigenvalue weighted by molar-refractivity contribution is 8.01. The largest absolute Gasteiger partial charge is 0.491 e. The normalized spacial score (nSPS) is 20.6. The van der Waals surface area contributed by atoms with E-state index in [1.54, 1.807) is 0 Å². The third-order valence-corrected chi connectivity index (χ3v) is 6.11. The molecule has 2 N–H and O–H groups in total. The molecule has 0 amide bonds. The number of aliphatic hydroxyl groups is 1. The van der Waals surface area contributed by atoms with Gasteiger partial charge in [-0.3, -0.25) is 0 Å². The molecule has 0 saturated heterocycles. The van der Waals surface area contributed by atoms with Crippen molar-refractivity contribution in [1.29, 1.82) is 0 Å². The molecule has 0 bridgehead atoms. The zero-order chi connectivity index (χ0) is 15.4. The van der Waals surface area contributed by atoms with Crippen LogP contribution in [0.15, 0.2) is 39.9 Å². The lowest BCUT2D eigenvalue weighted by Gasteiger charge is -2.28. The Bertz CT molecular complexity index is 614. The average Bonchev–Trinajstić information content (AvgIpc) is 2.99. The lowest BCUT2D eigenvalue weighted by molar-refractivity contribution is 0.200. The molecule has 2 atom stereocenters. The number of hydrogen-bond acceptors (Lipinski definition) is 5. The minimum atomic E-state index is 0.0391. The number of ether oxygens (including phenoxy) is 1. The van der Waals surface area contributed by atoms with Crippen molar-refractivity contribution in [2.24, 2.45) is 0 Å². The van der Waals surface area contributed by atoms with Gasteiger partial charge in [-0.2, -0.15) is 0 Å². The third-order valence-electron chi connectivity index (χ3n) is 3.77. The maximum atomic E-state index is 8.93. The molecular formula is C17H21NO2S2. The predicted octanol–water partition coefficient (Wildman–Crippen LogP) is 3.83. The monoisotopic (exact) mass is 335 g/mol. The number of fused-ring (bicyclic) bond motifs is 1. The fraction of sp³-hybridized carbons (Fsp3) is 0.412. The Balaban J connectivity index is 1.68. The van der Waals surface area contributed by atoms with Gasteiger partial charge in [0.25, 0.3) is 0 Å². The smallest absolute Gasteiger partial charge is 0.123 e. The molecule has 1 aromatic heterocycles. The second kappa shape index (κ2) is 7.51. The third kappa shape index (κ3) is 3.66. The molecule has 5 heteroatoms. The summed E-state index contributed by atoms with van der Waals surface area (Å²) in [6.45, 7) is 3.44. The number of rotatable bonds is 6. The summed E-state index contributed by atoms with van der Waals surface area (Å²) in [5.41, 5.74) is 2.57. The summed E-state index contributed by atoms with van der Waals surface area (Å²) in [5, 5.41) is 15.4. The van der Waals surface area contributed by atoms with E-state index in [0.717, 1.165) is 24.3 Å². The second-order valence-corrected chi connectivity index (χ2v) is 8.06. The number of para-hydroxylation sites is 1. The van der Waals surface area contributed by atoms with Gasteiger partial charge < -0.3 is 15.2 Å².